The van der Waals surface area contributed by atoms with E-state index in [1.54, 1.807) is 0 Å². The van der Waals surface area contributed by atoms with Crippen LogP contribution in [0.5, 0.6) is 0 Å². The number of amides is 2. The van der Waals surface area contributed by atoms with Gasteiger partial charge in [-0.05, 0) is 24.6 Å². The molecule has 0 aliphatic carbocycles. The molecule has 1 rings (SSSR count). The monoisotopic (exact) mass is 194 g/mol. The minimum absolute atomic E-state index is 0.0543. The third-order valence-electron chi connectivity index (χ3n) is 1.67. The van der Waals surface area contributed by atoms with Gasteiger partial charge in [0.1, 0.15) is 0 Å². The van der Waals surface area contributed by atoms with Crippen molar-refractivity contribution in [1.82, 2.24) is 5.32 Å². The summed E-state index contributed by atoms with van der Waals surface area (Å²) in [6.07, 6.45) is 0. The molecule has 0 saturated heterocycles. The van der Waals surface area contributed by atoms with Crippen molar-refractivity contribution in [2.24, 2.45) is 0 Å². The van der Waals surface area contributed by atoms with Gasteiger partial charge in [-0.2, -0.15) is 0 Å². The van der Waals surface area contributed by atoms with Gasteiger partial charge in [0.2, 0.25) is 0 Å². The van der Waals surface area contributed by atoms with Gasteiger partial charge < -0.3 is 15.7 Å². The molecule has 0 aliphatic rings. The zero-order valence-corrected chi connectivity index (χ0v) is 8.08. The highest BCUT2D eigenvalue weighted by Gasteiger charge is 1.99. The van der Waals surface area contributed by atoms with E-state index in [-0.39, 0.29) is 19.2 Å². The summed E-state index contributed by atoms with van der Waals surface area (Å²) in [5.41, 5.74) is 1.84. The molecule has 14 heavy (non-hydrogen) atoms. The van der Waals surface area contributed by atoms with Crippen molar-refractivity contribution in [2.75, 3.05) is 18.5 Å². The average Bonchev–Trinajstić information content (AvgIpc) is 2.15. The van der Waals surface area contributed by atoms with Crippen LogP contribution < -0.4 is 10.6 Å². The normalized spacial score (nSPS) is 9.57. The Morgan fingerprint density at radius 3 is 2.93 bits per heavy atom. The number of aryl methyl sites for hydroxylation is 1. The summed E-state index contributed by atoms with van der Waals surface area (Å²) in [7, 11) is 0. The summed E-state index contributed by atoms with van der Waals surface area (Å²) >= 11 is 0. The van der Waals surface area contributed by atoms with Crippen molar-refractivity contribution < 1.29 is 9.90 Å². The number of rotatable bonds is 3. The minimum Gasteiger partial charge on any atom is -0.395 e. The van der Waals surface area contributed by atoms with Crippen LogP contribution in [0.2, 0.25) is 0 Å². The Kier molecular flexibility index (Phi) is 3.94. The van der Waals surface area contributed by atoms with Gasteiger partial charge in [-0.1, -0.05) is 12.1 Å². The van der Waals surface area contributed by atoms with Gasteiger partial charge in [0.15, 0.2) is 0 Å². The predicted molar refractivity (Wildman–Crippen MR) is 55.3 cm³/mol. The molecule has 0 saturated carbocycles. The van der Waals surface area contributed by atoms with E-state index in [0.717, 1.165) is 11.3 Å². The van der Waals surface area contributed by atoms with Gasteiger partial charge >= 0.3 is 6.03 Å². The van der Waals surface area contributed by atoms with E-state index in [4.69, 9.17) is 5.11 Å². The molecule has 3 N–H and O–H groups in total. The number of anilines is 1. The fourth-order valence-electron chi connectivity index (χ4n) is 1.07. The quantitative estimate of drug-likeness (QED) is 0.675. The molecule has 2 amide bonds. The van der Waals surface area contributed by atoms with Gasteiger partial charge in [-0.15, -0.1) is 0 Å². The first-order valence-electron chi connectivity index (χ1n) is 4.45. The lowest BCUT2D eigenvalue weighted by Gasteiger charge is -2.06. The second-order valence-corrected chi connectivity index (χ2v) is 2.97. The molecule has 0 unspecified atom stereocenters. The van der Waals surface area contributed by atoms with E-state index in [2.05, 4.69) is 10.6 Å². The molecule has 0 aromatic heterocycles. The number of aliphatic hydroxyl groups is 1. The Balaban J connectivity index is 2.47. The van der Waals surface area contributed by atoms with Crippen LogP contribution in [-0.4, -0.2) is 24.3 Å². The van der Waals surface area contributed by atoms with Gasteiger partial charge in [-0.3, -0.25) is 0 Å². The van der Waals surface area contributed by atoms with E-state index >= 15 is 0 Å². The summed E-state index contributed by atoms with van der Waals surface area (Å²) in [6.45, 7) is 2.16. The highest BCUT2D eigenvalue weighted by atomic mass is 16.3. The van der Waals surface area contributed by atoms with Crippen LogP contribution in [0.1, 0.15) is 5.56 Å². The molecule has 1 aromatic carbocycles. The first-order chi connectivity index (χ1) is 6.72. The highest BCUT2D eigenvalue weighted by molar-refractivity contribution is 5.89. The van der Waals surface area contributed by atoms with Gasteiger partial charge in [0.05, 0.1) is 6.61 Å². The lowest BCUT2D eigenvalue weighted by Crippen LogP contribution is -2.30. The third kappa shape index (κ3) is 3.45. The van der Waals surface area contributed by atoms with Gasteiger partial charge in [-0.25, -0.2) is 4.79 Å². The minimum atomic E-state index is -0.301. The van der Waals surface area contributed by atoms with Crippen molar-refractivity contribution in [3.05, 3.63) is 29.8 Å². The molecule has 4 nitrogen and oxygen atoms in total. The Labute approximate surface area is 82.9 Å². The van der Waals surface area contributed by atoms with E-state index in [1.807, 2.05) is 31.2 Å². The molecule has 0 aliphatic heterocycles. The van der Waals surface area contributed by atoms with Gasteiger partial charge in [0, 0.05) is 12.2 Å². The van der Waals surface area contributed by atoms with Crippen LogP contribution in [0.15, 0.2) is 24.3 Å². The maximum atomic E-state index is 11.1. The van der Waals surface area contributed by atoms with Crippen molar-refractivity contribution >= 4 is 11.7 Å². The lowest BCUT2D eigenvalue weighted by molar-refractivity contribution is 0.245. The van der Waals surface area contributed by atoms with E-state index < -0.39 is 0 Å². The summed E-state index contributed by atoms with van der Waals surface area (Å²) in [4.78, 5) is 11.1. The number of nitrogens with one attached hydrogen (secondary N) is 2. The second-order valence-electron chi connectivity index (χ2n) is 2.97. The van der Waals surface area contributed by atoms with E-state index in [0.29, 0.717) is 0 Å². The summed E-state index contributed by atoms with van der Waals surface area (Å²) < 4.78 is 0. The van der Waals surface area contributed by atoms with Crippen LogP contribution in [0.3, 0.4) is 0 Å². The maximum Gasteiger partial charge on any atom is 0.319 e. The van der Waals surface area contributed by atoms with Crippen LogP contribution in [0.25, 0.3) is 0 Å². The maximum absolute atomic E-state index is 11.1. The number of carbonyl (C=O) groups is 1. The number of hydrogen-bond acceptors (Lipinski definition) is 2. The molecule has 0 radical (unpaired) electrons. The highest BCUT2D eigenvalue weighted by Crippen LogP contribution is 2.08. The molecule has 0 spiro atoms. The molecule has 4 heteroatoms. The second kappa shape index (κ2) is 5.24. The fourth-order valence-corrected chi connectivity index (χ4v) is 1.07. The standard InChI is InChI=1S/C10H14N2O2/c1-8-3-2-4-9(7-8)12-10(14)11-5-6-13/h2-4,7,13H,5-6H2,1H3,(H2,11,12,14). The molecule has 0 heterocycles. The zero-order chi connectivity index (χ0) is 10.4. The van der Waals surface area contributed by atoms with Crippen molar-refractivity contribution in [1.29, 1.82) is 0 Å². The van der Waals surface area contributed by atoms with Crippen LogP contribution in [-0.2, 0) is 0 Å². The summed E-state index contributed by atoms with van der Waals surface area (Å²) in [6, 6.07) is 7.21. The molecular formula is C10H14N2O2. The molecule has 1 aromatic rings. The number of aliphatic hydroxyl groups excluding tert-OH is 1. The molecule has 76 valence electrons. The van der Waals surface area contributed by atoms with E-state index in [9.17, 15) is 4.79 Å². The number of urea groups is 1. The van der Waals surface area contributed by atoms with Crippen LogP contribution in [0, 0.1) is 6.92 Å². The molecular weight excluding hydrogens is 180 g/mol. The van der Waals surface area contributed by atoms with Gasteiger partial charge in [0.25, 0.3) is 0 Å². The lowest BCUT2D eigenvalue weighted by atomic mass is 10.2. The van der Waals surface area contributed by atoms with Crippen molar-refractivity contribution in [3.63, 3.8) is 0 Å². The Hall–Kier alpha value is -1.55. The molecule has 0 atom stereocenters. The zero-order valence-electron chi connectivity index (χ0n) is 8.08. The molecule has 0 bridgehead atoms. The van der Waals surface area contributed by atoms with E-state index in [1.165, 1.54) is 0 Å². The Bertz CT molecular complexity index is 313. The Morgan fingerprint density at radius 2 is 2.29 bits per heavy atom. The average molecular weight is 194 g/mol. The molecule has 0 fully saturated rings. The first-order valence-corrected chi connectivity index (χ1v) is 4.45. The SMILES string of the molecule is Cc1cccc(NC(=O)NCCO)c1. The third-order valence-corrected chi connectivity index (χ3v) is 1.67. The smallest absolute Gasteiger partial charge is 0.319 e. The number of carbonyl (C=O) groups excluding carboxylic acids is 1. The largest absolute Gasteiger partial charge is 0.395 e. The Morgan fingerprint density at radius 1 is 1.50 bits per heavy atom. The number of hydrogen-bond donors (Lipinski definition) is 3. The summed E-state index contributed by atoms with van der Waals surface area (Å²) in [5.74, 6) is 0. The van der Waals surface area contributed by atoms with Crippen LogP contribution >= 0.6 is 0 Å². The van der Waals surface area contributed by atoms with Crippen molar-refractivity contribution in [2.45, 2.75) is 6.92 Å². The fraction of sp³-hybridized carbons (Fsp3) is 0.300. The van der Waals surface area contributed by atoms with Crippen molar-refractivity contribution in [3.8, 4) is 0 Å². The van der Waals surface area contributed by atoms with Crippen LogP contribution in [0.4, 0.5) is 10.5 Å². The number of benzene rings is 1. The first kappa shape index (κ1) is 10.5. The topological polar surface area (TPSA) is 61.4 Å². The predicted octanol–water partition coefficient (Wildman–Crippen LogP) is 1.11. The summed E-state index contributed by atoms with van der Waals surface area (Å²) in [5, 5.41) is 13.6.